The summed E-state index contributed by atoms with van der Waals surface area (Å²) in [5.41, 5.74) is 4.28. The molecular formula is C29H34N6S. The summed E-state index contributed by atoms with van der Waals surface area (Å²) >= 11 is 5.75. The molecular weight excluding hydrogens is 464 g/mol. The smallest absolute Gasteiger partial charge is 0.232 e. The van der Waals surface area contributed by atoms with Crippen LogP contribution in [0.1, 0.15) is 55.2 Å². The highest BCUT2D eigenvalue weighted by Gasteiger charge is 2.35. The maximum atomic E-state index is 5.75. The maximum absolute atomic E-state index is 5.75. The summed E-state index contributed by atoms with van der Waals surface area (Å²) < 4.78 is 0. The van der Waals surface area contributed by atoms with Crippen LogP contribution in [-0.2, 0) is 18.5 Å². The van der Waals surface area contributed by atoms with Crippen molar-refractivity contribution in [3.05, 3.63) is 77.4 Å². The summed E-state index contributed by atoms with van der Waals surface area (Å²) in [5.74, 6) is 2.50. The van der Waals surface area contributed by atoms with Gasteiger partial charge in [0.25, 0.3) is 0 Å². The molecule has 3 aromatic rings. The third kappa shape index (κ3) is 4.76. The van der Waals surface area contributed by atoms with Gasteiger partial charge < -0.3 is 20.4 Å². The minimum atomic E-state index is 0.137. The Hall–Kier alpha value is -3.19. The minimum absolute atomic E-state index is 0.137. The first-order valence-corrected chi connectivity index (χ1v) is 13.7. The van der Waals surface area contributed by atoms with Crippen molar-refractivity contribution in [1.82, 2.24) is 15.3 Å². The molecule has 2 aliphatic heterocycles. The molecule has 3 heterocycles. The third-order valence-corrected chi connectivity index (χ3v) is 8.30. The molecule has 7 heteroatoms. The van der Waals surface area contributed by atoms with Gasteiger partial charge in [0.1, 0.15) is 11.6 Å². The monoisotopic (exact) mass is 498 g/mol. The number of fused-ring (bicyclic) bond motifs is 1. The van der Waals surface area contributed by atoms with Crippen LogP contribution in [0.2, 0.25) is 0 Å². The quantitative estimate of drug-likeness (QED) is 0.442. The van der Waals surface area contributed by atoms with E-state index in [1.54, 1.807) is 0 Å². The molecule has 3 aliphatic rings. The summed E-state index contributed by atoms with van der Waals surface area (Å²) in [6.07, 6.45) is 7.32. The number of benzene rings is 2. The topological polar surface area (TPSA) is 56.3 Å². The molecule has 186 valence electrons. The van der Waals surface area contributed by atoms with E-state index in [1.165, 1.54) is 55.2 Å². The molecule has 0 amide bonds. The number of anilines is 3. The summed E-state index contributed by atoms with van der Waals surface area (Å²) in [6, 6.07) is 21.7. The molecule has 0 bridgehead atoms. The third-order valence-electron chi connectivity index (χ3n) is 8.05. The average Bonchev–Trinajstić information content (AvgIpc) is 3.69. The van der Waals surface area contributed by atoms with Crippen LogP contribution in [0.5, 0.6) is 0 Å². The standard InChI is InChI=1S/C29H34N6S/c36-28(30-21-29(14-6-7-15-29)24-12-2-1-3-13-24)33-27-31-25(34-16-8-9-17-34)18-26(32-27)35-19-22-10-4-5-11-23(22)20-35/h1-5,10-13,18H,6-9,14-17,19-21H2,(H2,30,31,32,33,36). The van der Waals surface area contributed by atoms with Gasteiger partial charge in [0.05, 0.1) is 0 Å². The molecule has 1 aliphatic carbocycles. The lowest BCUT2D eigenvalue weighted by Crippen LogP contribution is -2.41. The average molecular weight is 499 g/mol. The highest BCUT2D eigenvalue weighted by molar-refractivity contribution is 7.80. The first-order chi connectivity index (χ1) is 17.7. The molecule has 1 saturated carbocycles. The molecule has 2 N–H and O–H groups in total. The van der Waals surface area contributed by atoms with Crippen molar-refractivity contribution in [2.75, 3.05) is 34.8 Å². The van der Waals surface area contributed by atoms with Crippen molar-refractivity contribution < 1.29 is 0 Å². The van der Waals surface area contributed by atoms with E-state index >= 15 is 0 Å². The Morgan fingerprint density at radius 1 is 0.806 bits per heavy atom. The number of thiocarbonyl (C=S) groups is 1. The van der Waals surface area contributed by atoms with Gasteiger partial charge in [0, 0.05) is 44.2 Å². The van der Waals surface area contributed by atoms with E-state index < -0.39 is 0 Å². The first-order valence-electron chi connectivity index (χ1n) is 13.2. The molecule has 1 aromatic heterocycles. The van der Waals surface area contributed by atoms with Crippen molar-refractivity contribution in [1.29, 1.82) is 0 Å². The fourth-order valence-corrected chi connectivity index (χ4v) is 6.21. The fraction of sp³-hybridized carbons (Fsp3) is 0.414. The van der Waals surface area contributed by atoms with E-state index in [9.17, 15) is 0 Å². The predicted octanol–water partition coefficient (Wildman–Crippen LogP) is 5.40. The van der Waals surface area contributed by atoms with Crippen molar-refractivity contribution in [3.8, 4) is 0 Å². The molecule has 0 atom stereocenters. The Morgan fingerprint density at radius 2 is 1.42 bits per heavy atom. The molecule has 36 heavy (non-hydrogen) atoms. The van der Waals surface area contributed by atoms with Gasteiger partial charge >= 0.3 is 0 Å². The number of hydrogen-bond acceptors (Lipinski definition) is 5. The molecule has 2 aromatic carbocycles. The zero-order valence-electron chi connectivity index (χ0n) is 20.7. The second-order valence-corrected chi connectivity index (χ2v) is 10.8. The Kier molecular flexibility index (Phi) is 6.48. The van der Waals surface area contributed by atoms with Gasteiger partial charge in [-0.1, -0.05) is 67.4 Å². The van der Waals surface area contributed by atoms with Gasteiger partial charge in [-0.3, -0.25) is 0 Å². The van der Waals surface area contributed by atoms with Crippen LogP contribution in [0.15, 0.2) is 60.7 Å². The van der Waals surface area contributed by atoms with E-state index in [0.29, 0.717) is 11.1 Å². The number of aromatic nitrogens is 2. The van der Waals surface area contributed by atoms with Crippen molar-refractivity contribution >= 4 is 34.9 Å². The highest BCUT2D eigenvalue weighted by Crippen LogP contribution is 2.40. The molecule has 1 saturated heterocycles. The number of nitrogens with zero attached hydrogens (tertiary/aromatic N) is 4. The Bertz CT molecular complexity index is 1190. The van der Waals surface area contributed by atoms with Crippen molar-refractivity contribution in [2.24, 2.45) is 0 Å². The summed E-state index contributed by atoms with van der Waals surface area (Å²) in [5, 5.41) is 7.44. The maximum Gasteiger partial charge on any atom is 0.232 e. The molecule has 0 unspecified atom stereocenters. The second-order valence-electron chi connectivity index (χ2n) is 10.4. The van der Waals surface area contributed by atoms with Gasteiger partial charge in [-0.15, -0.1) is 0 Å². The van der Waals surface area contributed by atoms with E-state index in [2.05, 4.69) is 81.1 Å². The zero-order chi connectivity index (χ0) is 24.4. The largest absolute Gasteiger partial charge is 0.361 e. The van der Waals surface area contributed by atoms with Crippen molar-refractivity contribution in [2.45, 2.75) is 57.0 Å². The van der Waals surface area contributed by atoms with Crippen LogP contribution in [0.4, 0.5) is 17.6 Å². The fourth-order valence-electron chi connectivity index (χ4n) is 6.05. The van der Waals surface area contributed by atoms with Gasteiger partial charge in [-0.25, -0.2) is 0 Å². The van der Waals surface area contributed by atoms with Gasteiger partial charge in [0.15, 0.2) is 5.11 Å². The van der Waals surface area contributed by atoms with Gasteiger partial charge in [-0.2, -0.15) is 9.97 Å². The number of rotatable bonds is 6. The van der Waals surface area contributed by atoms with Crippen LogP contribution in [0.3, 0.4) is 0 Å². The van der Waals surface area contributed by atoms with E-state index in [1.807, 2.05) is 0 Å². The van der Waals surface area contributed by atoms with Gasteiger partial charge in [-0.05, 0) is 54.6 Å². The van der Waals surface area contributed by atoms with Crippen molar-refractivity contribution in [3.63, 3.8) is 0 Å². The number of hydrogen-bond donors (Lipinski definition) is 2. The van der Waals surface area contributed by atoms with Crippen LogP contribution >= 0.6 is 12.2 Å². The summed E-state index contributed by atoms with van der Waals surface area (Å²) in [7, 11) is 0. The SMILES string of the molecule is S=C(NCC1(c2ccccc2)CCCC1)Nc1nc(N2CCCC2)cc(N2Cc3ccccc3C2)n1. The van der Waals surface area contributed by atoms with E-state index in [-0.39, 0.29) is 5.41 Å². The lowest BCUT2D eigenvalue weighted by Gasteiger charge is -2.30. The van der Waals surface area contributed by atoms with E-state index in [0.717, 1.165) is 44.4 Å². The van der Waals surface area contributed by atoms with Crippen LogP contribution < -0.4 is 20.4 Å². The Balaban J connectivity index is 1.20. The normalized spacial score (nSPS) is 18.3. The van der Waals surface area contributed by atoms with Gasteiger partial charge in [0.2, 0.25) is 5.95 Å². The lowest BCUT2D eigenvalue weighted by atomic mass is 9.79. The molecule has 6 rings (SSSR count). The lowest BCUT2D eigenvalue weighted by molar-refractivity contribution is 0.435. The first kappa shape index (κ1) is 23.2. The predicted molar refractivity (Wildman–Crippen MR) is 151 cm³/mol. The summed E-state index contributed by atoms with van der Waals surface area (Å²) in [6.45, 7) is 4.64. The zero-order valence-corrected chi connectivity index (χ0v) is 21.6. The highest BCUT2D eigenvalue weighted by atomic mass is 32.1. The summed E-state index contributed by atoms with van der Waals surface area (Å²) in [4.78, 5) is 14.5. The van der Waals surface area contributed by atoms with E-state index in [4.69, 9.17) is 22.2 Å². The molecule has 0 radical (unpaired) electrons. The Morgan fingerprint density at radius 3 is 2.08 bits per heavy atom. The van der Waals surface area contributed by atoms with Crippen LogP contribution in [-0.4, -0.2) is 34.7 Å². The molecule has 6 nitrogen and oxygen atoms in total. The number of nitrogens with one attached hydrogen (secondary N) is 2. The molecule has 0 spiro atoms. The van der Waals surface area contributed by atoms with Crippen LogP contribution in [0.25, 0.3) is 0 Å². The Labute approximate surface area is 219 Å². The van der Waals surface area contributed by atoms with Crippen LogP contribution in [0, 0.1) is 0 Å². The second kappa shape index (κ2) is 10.1. The molecule has 2 fully saturated rings. The minimum Gasteiger partial charge on any atom is -0.361 e.